The molecule has 7 heteroatoms. The number of rotatable bonds is 3. The Labute approximate surface area is 101 Å². The van der Waals surface area contributed by atoms with Crippen molar-refractivity contribution in [2.24, 2.45) is 12.8 Å². The van der Waals surface area contributed by atoms with E-state index in [2.05, 4.69) is 9.82 Å². The van der Waals surface area contributed by atoms with E-state index in [4.69, 9.17) is 5.73 Å². The molecular formula is C10H18N4O2S. The Balaban J connectivity index is 2.03. The molecule has 96 valence electrons. The molecule has 1 aliphatic carbocycles. The van der Waals surface area contributed by atoms with Gasteiger partial charge in [0.1, 0.15) is 4.90 Å². The summed E-state index contributed by atoms with van der Waals surface area (Å²) < 4.78 is 28.2. The predicted molar refractivity (Wildman–Crippen MR) is 63.8 cm³/mol. The maximum absolute atomic E-state index is 12.0. The minimum absolute atomic E-state index is 0.00000567. The van der Waals surface area contributed by atoms with Crippen LogP contribution in [0.25, 0.3) is 0 Å². The molecule has 1 heterocycles. The van der Waals surface area contributed by atoms with Gasteiger partial charge >= 0.3 is 0 Å². The molecule has 1 aromatic rings. The normalized spacial score (nSPS) is 26.0. The molecule has 0 bridgehead atoms. The average molecular weight is 258 g/mol. The topological polar surface area (TPSA) is 90.0 Å². The third kappa shape index (κ3) is 3.05. The van der Waals surface area contributed by atoms with Gasteiger partial charge in [-0.3, -0.25) is 4.68 Å². The van der Waals surface area contributed by atoms with E-state index in [9.17, 15) is 8.42 Å². The van der Waals surface area contributed by atoms with Crippen molar-refractivity contribution in [2.45, 2.75) is 42.7 Å². The molecule has 6 nitrogen and oxygen atoms in total. The number of hydrogen-bond acceptors (Lipinski definition) is 4. The molecule has 2 rings (SSSR count). The Bertz CT molecular complexity index is 474. The van der Waals surface area contributed by atoms with Crippen molar-refractivity contribution in [3.05, 3.63) is 12.4 Å². The summed E-state index contributed by atoms with van der Waals surface area (Å²) in [6.45, 7) is 0. The molecule has 0 radical (unpaired) electrons. The first kappa shape index (κ1) is 12.5. The number of nitrogens with one attached hydrogen (secondary N) is 1. The van der Waals surface area contributed by atoms with Gasteiger partial charge in [0.2, 0.25) is 10.0 Å². The monoisotopic (exact) mass is 258 g/mol. The second-order valence-electron chi connectivity index (χ2n) is 4.58. The summed E-state index contributed by atoms with van der Waals surface area (Å²) in [6, 6.07) is 0.217. The third-order valence-electron chi connectivity index (χ3n) is 3.09. The largest absolute Gasteiger partial charge is 0.328 e. The first-order valence-electron chi connectivity index (χ1n) is 5.74. The van der Waals surface area contributed by atoms with Gasteiger partial charge in [-0.05, 0) is 25.7 Å². The van der Waals surface area contributed by atoms with E-state index in [0.29, 0.717) is 0 Å². The molecule has 1 aliphatic rings. The van der Waals surface area contributed by atoms with Crippen LogP contribution in [0.3, 0.4) is 0 Å². The van der Waals surface area contributed by atoms with Crippen LogP contribution in [0.1, 0.15) is 25.7 Å². The summed E-state index contributed by atoms with van der Waals surface area (Å²) >= 11 is 0. The molecule has 17 heavy (non-hydrogen) atoms. The Morgan fingerprint density at radius 3 is 2.59 bits per heavy atom. The fourth-order valence-electron chi connectivity index (χ4n) is 2.06. The highest BCUT2D eigenvalue weighted by molar-refractivity contribution is 7.89. The first-order chi connectivity index (χ1) is 7.97. The molecule has 1 fully saturated rings. The van der Waals surface area contributed by atoms with Gasteiger partial charge in [0, 0.05) is 25.3 Å². The Morgan fingerprint density at radius 2 is 2.06 bits per heavy atom. The second-order valence-corrected chi connectivity index (χ2v) is 6.30. The van der Waals surface area contributed by atoms with Crippen LogP contribution in [-0.2, 0) is 17.1 Å². The quantitative estimate of drug-likeness (QED) is 0.796. The van der Waals surface area contributed by atoms with Gasteiger partial charge < -0.3 is 5.73 Å². The van der Waals surface area contributed by atoms with Gasteiger partial charge in [-0.25, -0.2) is 13.1 Å². The minimum atomic E-state index is -3.43. The lowest BCUT2D eigenvalue weighted by Crippen LogP contribution is -2.40. The number of aromatic nitrogens is 2. The summed E-state index contributed by atoms with van der Waals surface area (Å²) in [7, 11) is -1.74. The molecule has 0 aromatic carbocycles. The standard InChI is InChI=1S/C10H18N4O2S/c1-14-7-10(6-12-14)17(15,16)13-9-4-2-8(11)3-5-9/h6-9,13H,2-5,11H2,1H3. The number of nitrogens with zero attached hydrogens (tertiary/aromatic N) is 2. The lowest BCUT2D eigenvalue weighted by Gasteiger charge is -2.26. The molecule has 0 saturated heterocycles. The van der Waals surface area contributed by atoms with Crippen molar-refractivity contribution < 1.29 is 8.42 Å². The molecule has 0 unspecified atom stereocenters. The van der Waals surface area contributed by atoms with E-state index in [1.165, 1.54) is 17.1 Å². The first-order valence-corrected chi connectivity index (χ1v) is 7.22. The number of hydrogen-bond donors (Lipinski definition) is 2. The maximum Gasteiger partial charge on any atom is 0.243 e. The fraction of sp³-hybridized carbons (Fsp3) is 0.700. The number of aryl methyl sites for hydroxylation is 1. The number of nitrogens with two attached hydrogens (primary N) is 1. The van der Waals surface area contributed by atoms with Gasteiger partial charge in [0.05, 0.1) is 6.20 Å². The third-order valence-corrected chi connectivity index (χ3v) is 4.56. The van der Waals surface area contributed by atoms with E-state index >= 15 is 0 Å². The molecule has 1 saturated carbocycles. The fourth-order valence-corrected chi connectivity index (χ4v) is 3.35. The Kier molecular flexibility index (Phi) is 3.50. The maximum atomic E-state index is 12.0. The van der Waals surface area contributed by atoms with Gasteiger partial charge in [-0.2, -0.15) is 5.10 Å². The van der Waals surface area contributed by atoms with E-state index in [1.54, 1.807) is 7.05 Å². The SMILES string of the molecule is Cn1cc(S(=O)(=O)NC2CCC(N)CC2)cn1. The van der Waals surface area contributed by atoms with Crippen molar-refractivity contribution in [3.63, 3.8) is 0 Å². The van der Waals surface area contributed by atoms with Crippen molar-refractivity contribution in [1.29, 1.82) is 0 Å². The smallest absolute Gasteiger partial charge is 0.243 e. The Morgan fingerprint density at radius 1 is 1.41 bits per heavy atom. The van der Waals surface area contributed by atoms with Crippen LogP contribution in [0.15, 0.2) is 17.3 Å². The molecule has 0 aliphatic heterocycles. The summed E-state index contributed by atoms with van der Waals surface area (Å²) in [4.78, 5) is 0.217. The van der Waals surface area contributed by atoms with Crippen molar-refractivity contribution >= 4 is 10.0 Å². The minimum Gasteiger partial charge on any atom is -0.328 e. The summed E-state index contributed by atoms with van der Waals surface area (Å²) in [5.41, 5.74) is 5.78. The zero-order chi connectivity index (χ0) is 12.5. The predicted octanol–water partition coefficient (Wildman–Crippen LogP) is -0.0317. The van der Waals surface area contributed by atoms with Gasteiger partial charge in [0.25, 0.3) is 0 Å². The highest BCUT2D eigenvalue weighted by Crippen LogP contribution is 2.19. The highest BCUT2D eigenvalue weighted by atomic mass is 32.2. The van der Waals surface area contributed by atoms with Crippen molar-refractivity contribution in [1.82, 2.24) is 14.5 Å². The van der Waals surface area contributed by atoms with Crippen LogP contribution in [-0.4, -0.2) is 30.3 Å². The van der Waals surface area contributed by atoms with Crippen molar-refractivity contribution in [3.8, 4) is 0 Å². The van der Waals surface area contributed by atoms with Gasteiger partial charge in [0.15, 0.2) is 0 Å². The zero-order valence-corrected chi connectivity index (χ0v) is 10.7. The van der Waals surface area contributed by atoms with E-state index < -0.39 is 10.0 Å². The van der Waals surface area contributed by atoms with Gasteiger partial charge in [-0.15, -0.1) is 0 Å². The lowest BCUT2D eigenvalue weighted by molar-refractivity contribution is 0.373. The average Bonchev–Trinajstić information content (AvgIpc) is 2.69. The van der Waals surface area contributed by atoms with E-state index in [0.717, 1.165) is 25.7 Å². The van der Waals surface area contributed by atoms with Crippen LogP contribution in [0, 0.1) is 0 Å². The van der Waals surface area contributed by atoms with Crippen LogP contribution < -0.4 is 10.5 Å². The number of sulfonamides is 1. The summed E-state index contributed by atoms with van der Waals surface area (Å²) in [6.07, 6.45) is 6.22. The molecule has 3 N–H and O–H groups in total. The summed E-state index contributed by atoms with van der Waals surface area (Å²) in [5.74, 6) is 0. The van der Waals surface area contributed by atoms with E-state index in [1.807, 2.05) is 0 Å². The highest BCUT2D eigenvalue weighted by Gasteiger charge is 2.24. The molecule has 0 spiro atoms. The van der Waals surface area contributed by atoms with Crippen molar-refractivity contribution in [2.75, 3.05) is 0 Å². The van der Waals surface area contributed by atoms with Crippen LogP contribution in [0.5, 0.6) is 0 Å². The van der Waals surface area contributed by atoms with E-state index in [-0.39, 0.29) is 17.0 Å². The second kappa shape index (κ2) is 4.75. The molecular weight excluding hydrogens is 240 g/mol. The molecule has 0 atom stereocenters. The van der Waals surface area contributed by atoms with Crippen LogP contribution >= 0.6 is 0 Å². The van der Waals surface area contributed by atoms with Crippen LogP contribution in [0.4, 0.5) is 0 Å². The zero-order valence-electron chi connectivity index (χ0n) is 9.83. The van der Waals surface area contributed by atoms with Gasteiger partial charge in [-0.1, -0.05) is 0 Å². The van der Waals surface area contributed by atoms with Crippen LogP contribution in [0.2, 0.25) is 0 Å². The summed E-state index contributed by atoms with van der Waals surface area (Å²) in [5, 5.41) is 3.87. The molecule has 0 amide bonds. The molecule has 1 aromatic heterocycles. The lowest BCUT2D eigenvalue weighted by atomic mass is 9.93. The Hall–Kier alpha value is -0.920.